The number of aliphatic hydroxyl groups is 8. The molecule has 0 saturated heterocycles. The molecule has 0 aliphatic heterocycles. The van der Waals surface area contributed by atoms with Gasteiger partial charge in [-0.25, -0.2) is 0 Å². The summed E-state index contributed by atoms with van der Waals surface area (Å²) >= 11 is 0. The molecule has 12 nitrogen and oxygen atoms in total. The van der Waals surface area contributed by atoms with Crippen LogP contribution in [0.15, 0.2) is 181 Å². The molecule has 744 valence electrons. The molecule has 0 saturated carbocycles. The van der Waals surface area contributed by atoms with Crippen LogP contribution in [0.4, 0.5) is 0 Å². The van der Waals surface area contributed by atoms with Crippen LogP contribution in [0.2, 0.25) is 39.3 Å². The largest absolute Gasteiger partial charge is 0.513 e. The summed E-state index contributed by atoms with van der Waals surface area (Å²) in [5, 5.41) is 77.9. The Kier molecular flexibility index (Phi) is 44.7. The first kappa shape index (κ1) is 118. The van der Waals surface area contributed by atoms with Crippen molar-refractivity contribution in [2.75, 3.05) is 0 Å². The molecule has 18 heteroatoms. The molecule has 0 spiro atoms. The zero-order valence-corrected chi connectivity index (χ0v) is 98.4. The number of hydrogen-bond donors (Lipinski definition) is 8. The summed E-state index contributed by atoms with van der Waals surface area (Å²) in [5.74, 6) is 2.20. The van der Waals surface area contributed by atoms with E-state index in [-0.39, 0.29) is 97.7 Å². The van der Waals surface area contributed by atoms with Gasteiger partial charge in [0, 0.05) is 97.6 Å². The third-order valence-electron chi connectivity index (χ3n) is 24.8. The van der Waals surface area contributed by atoms with E-state index < -0.39 is 40.6 Å². The molecule has 4 radical (unpaired) electrons. The van der Waals surface area contributed by atoms with Gasteiger partial charge in [-0.2, -0.15) is 0 Å². The van der Waals surface area contributed by atoms with Crippen LogP contribution >= 0.6 is 0 Å². The van der Waals surface area contributed by atoms with E-state index in [9.17, 15) is 10.2 Å². The number of pyridine rings is 4. The van der Waals surface area contributed by atoms with Gasteiger partial charge in [0.15, 0.2) is 0 Å². The Morgan fingerprint density at radius 3 is 0.920 bits per heavy atom. The molecule has 4 aliphatic carbocycles. The second kappa shape index (κ2) is 52.1. The first-order valence-corrected chi connectivity index (χ1v) is 55.1. The van der Waals surface area contributed by atoms with Crippen LogP contribution in [-0.4, -0.2) is 101 Å². The van der Waals surface area contributed by atoms with Crippen LogP contribution in [0.25, 0.3) is 99.8 Å². The minimum Gasteiger partial charge on any atom is -0.513 e. The van der Waals surface area contributed by atoms with E-state index >= 15 is 0 Å². The Bertz CT molecular complexity index is 6320. The van der Waals surface area contributed by atoms with Crippen molar-refractivity contribution in [3.63, 3.8) is 0 Å². The van der Waals surface area contributed by atoms with E-state index in [2.05, 4.69) is 301 Å². The molecule has 13 aromatic rings. The van der Waals surface area contributed by atoms with Gasteiger partial charge in [0.2, 0.25) is 0 Å². The average molecular weight is 2600 g/mol. The van der Waals surface area contributed by atoms with Gasteiger partial charge in [-0.15, -0.1) is 138 Å². The van der Waals surface area contributed by atoms with Crippen molar-refractivity contribution >= 4 is 70.1 Å². The van der Waals surface area contributed by atoms with Crippen molar-refractivity contribution in [1.29, 1.82) is 0 Å². The van der Waals surface area contributed by atoms with Gasteiger partial charge in [0.1, 0.15) is 0 Å². The summed E-state index contributed by atoms with van der Waals surface area (Å²) in [4.78, 5) is 20.4. The van der Waals surface area contributed by atoms with E-state index in [1.807, 2.05) is 13.8 Å². The molecule has 0 amide bonds. The first-order valence-electron chi connectivity index (χ1n) is 48.1. The number of aromatic nitrogens is 4. The average Bonchev–Trinajstić information content (AvgIpc) is 0.770. The molecule has 4 heterocycles. The molecule has 4 atom stereocenters. The minimum absolute atomic E-state index is 0. The van der Waals surface area contributed by atoms with E-state index in [4.69, 9.17) is 50.6 Å². The second-order valence-electron chi connectivity index (χ2n) is 41.0. The monoisotopic (exact) mass is 2600 g/mol. The number of aliphatic hydroxyl groups excluding tert-OH is 8. The van der Waals surface area contributed by atoms with Crippen molar-refractivity contribution in [2.24, 2.45) is 11.8 Å². The number of hydrogen-bond acceptors (Lipinski definition) is 12. The maximum Gasteiger partial charge on any atom is 0.0911 e. The third-order valence-corrected chi connectivity index (χ3v) is 28.9. The van der Waals surface area contributed by atoms with Gasteiger partial charge in [-0.05, 0) is 222 Å². The van der Waals surface area contributed by atoms with E-state index in [0.717, 1.165) is 96.2 Å². The van der Waals surface area contributed by atoms with Crippen molar-refractivity contribution < 1.29 is 121 Å². The van der Waals surface area contributed by atoms with Gasteiger partial charge < -0.3 is 40.9 Å². The Morgan fingerprint density at radius 1 is 0.348 bits per heavy atom. The Labute approximate surface area is 880 Å². The number of aryl methyl sites for hydroxylation is 15. The van der Waals surface area contributed by atoms with E-state index in [1.54, 1.807) is 26.8 Å². The fourth-order valence-electron chi connectivity index (χ4n) is 19.3. The fraction of sp³-hybridized carbons (Fsp3) is 0.383. The summed E-state index contributed by atoms with van der Waals surface area (Å²) in [7, 11) is -2.76. The molecular formula is C120H148Ir4N4O8Si2-4. The predicted octanol–water partition coefficient (Wildman–Crippen LogP) is 27.8. The Hall–Kier alpha value is -8.35. The minimum atomic E-state index is -1.38. The Balaban J connectivity index is 0.000000252. The fourth-order valence-corrected chi connectivity index (χ4v) is 22.6. The summed E-state index contributed by atoms with van der Waals surface area (Å²) in [6.45, 7) is 60.5. The molecule has 138 heavy (non-hydrogen) atoms. The maximum atomic E-state index is 9.47. The van der Waals surface area contributed by atoms with Crippen LogP contribution in [0.3, 0.4) is 0 Å². The molecule has 0 fully saturated rings. The van der Waals surface area contributed by atoms with Crippen molar-refractivity contribution in [2.45, 2.75) is 293 Å². The predicted molar refractivity (Wildman–Crippen MR) is 571 cm³/mol. The normalized spacial score (nSPS) is 13.7. The second-order valence-corrected chi connectivity index (χ2v) is 51.1. The van der Waals surface area contributed by atoms with E-state index in [1.165, 1.54) is 216 Å². The van der Waals surface area contributed by atoms with Crippen LogP contribution in [0.5, 0.6) is 0 Å². The summed E-state index contributed by atoms with van der Waals surface area (Å²) in [6.07, 6.45) is 13.6. The molecule has 9 aromatic carbocycles. The molecule has 4 aliphatic rings. The Morgan fingerprint density at radius 2 is 0.638 bits per heavy atom. The number of rotatable bonds is 12. The standard InChI is InChI=1S/C28H26N.2C22H24NSi.C22H22N.C11H22O2.3C5H10O2.4Ir/c1-16-12-19(4)27(20(5)13-16)23-7-6-8-26-24(23)15-21-9-10-22-18(3)11-17(2)14-25(22)28(21)29-26;2*1-14-11-15(2)17-10-9-16-13-19-20(23-22(16)18(17)12-14)7-6-8-21(19)24(3,4)5;1-13(2)17-6-5-7-21-19(17)12-16-8-9-18-15(4)10-14(3)11-20(18)22(16)23-21;1-8(2)5-10(12)7-11(13)6-9(3)4;3*1-4(6)3-5(2)7;;;;/h6-8,11-13,15H,9-10H2,1-5H3;2*6-8,11,13H,9-10H2,1-5H3;5-7,10,12-13H,8-9H2,1-4H3;7-10,12-13H,5-6H2,1-4H3;3*3-4,6-7H,1-2H3;;;;/q4*-1;;;;;;;;. The van der Waals surface area contributed by atoms with Gasteiger partial charge in [-0.1, -0.05) is 285 Å². The van der Waals surface area contributed by atoms with Crippen molar-refractivity contribution in [3.8, 4) is 56.2 Å². The first-order chi connectivity index (χ1) is 62.9. The smallest absolute Gasteiger partial charge is 0.0911 e. The molecule has 4 aromatic heterocycles. The summed E-state index contributed by atoms with van der Waals surface area (Å²) in [6, 6.07) is 63.8. The molecule has 4 unspecified atom stereocenters. The third kappa shape index (κ3) is 31.3. The van der Waals surface area contributed by atoms with Gasteiger partial charge >= 0.3 is 0 Å². The van der Waals surface area contributed by atoms with Crippen LogP contribution in [0.1, 0.15) is 213 Å². The van der Waals surface area contributed by atoms with Crippen molar-refractivity contribution in [3.05, 3.63) is 316 Å². The molecular weight excluding hydrogens is 2450 g/mol. The van der Waals surface area contributed by atoms with E-state index in [0.29, 0.717) is 36.4 Å². The SMILES string of the molecule is CC(C)CC(O)=CC(O)CC(C)C.CC(O)=CC(C)O.CC(O)=CC(C)O.CC(O)=CC(C)O.Cc1[c-]c2c(c(C)c1)CCc1cc3c(-c4c(C)cc(C)cc4C)cccc3nc1-2.Cc1[c-]c2c(c(C)c1)CCc1cc3c(C(C)C)cccc3nc1-2.Cc1[c-]c2c(c(C)c1)CCc1cc3c([Si](C)(C)C)cccc3nc1-2.Cc1[c-]c2c(c(C)c1)CCc1cc3c([Si](C)(C)C)cccc3nc1-2.[Ir].[Ir].[Ir].[Ir]. The van der Waals surface area contributed by atoms with Crippen LogP contribution < -0.4 is 10.4 Å². The van der Waals surface area contributed by atoms with Crippen LogP contribution in [-0.2, 0) is 132 Å². The van der Waals surface area contributed by atoms with Gasteiger partial charge in [0.05, 0.1) is 85.7 Å². The topological polar surface area (TPSA) is 213 Å². The quantitative estimate of drug-likeness (QED) is 0.0326. The maximum absolute atomic E-state index is 9.47. The zero-order valence-electron chi connectivity index (χ0n) is 86.8. The van der Waals surface area contributed by atoms with Gasteiger partial charge in [0.25, 0.3) is 0 Å². The molecule has 17 rings (SSSR count). The van der Waals surface area contributed by atoms with Crippen LogP contribution in [0, 0.1) is 112 Å². The van der Waals surface area contributed by atoms with Crippen molar-refractivity contribution in [1.82, 2.24) is 19.9 Å². The zero-order chi connectivity index (χ0) is 98.6. The van der Waals surface area contributed by atoms with Gasteiger partial charge in [-0.3, -0.25) is 19.9 Å². The number of benzene rings is 9. The molecule has 8 N–H and O–H groups in total. The number of fused-ring (bicyclic) bond motifs is 16. The summed E-state index contributed by atoms with van der Waals surface area (Å²) < 4.78 is 0. The number of allylic oxidation sites excluding steroid dienone is 4. The molecule has 0 bridgehead atoms. The number of nitrogens with zero attached hydrogens (tertiary/aromatic N) is 4. The summed E-state index contributed by atoms with van der Waals surface area (Å²) in [5.41, 5.74) is 43.4.